The van der Waals surface area contributed by atoms with Gasteiger partial charge in [-0.1, -0.05) is 65.7 Å². The van der Waals surface area contributed by atoms with Gasteiger partial charge in [0.2, 0.25) is 0 Å². The third-order valence-electron chi connectivity index (χ3n) is 3.52. The third-order valence-corrected chi connectivity index (χ3v) is 4.37. The molecular formula is C18H20BrNO. The van der Waals surface area contributed by atoms with Crippen molar-refractivity contribution in [2.45, 2.75) is 32.7 Å². The number of benzene rings is 2. The van der Waals surface area contributed by atoms with Gasteiger partial charge >= 0.3 is 0 Å². The van der Waals surface area contributed by atoms with Crippen LogP contribution in [0.5, 0.6) is 0 Å². The van der Waals surface area contributed by atoms with Gasteiger partial charge in [-0.15, -0.1) is 0 Å². The predicted molar refractivity (Wildman–Crippen MR) is 90.4 cm³/mol. The van der Waals surface area contributed by atoms with Gasteiger partial charge in [0, 0.05) is 10.0 Å². The second-order valence-electron chi connectivity index (χ2n) is 5.19. The van der Waals surface area contributed by atoms with Crippen molar-refractivity contribution in [2.24, 2.45) is 0 Å². The van der Waals surface area contributed by atoms with Gasteiger partial charge in [0.1, 0.15) is 0 Å². The SMILES string of the molecule is CCCC(NC(=O)c1ccc(C)c(Br)c1)c1ccccc1. The van der Waals surface area contributed by atoms with Gasteiger partial charge in [-0.25, -0.2) is 0 Å². The molecule has 0 saturated carbocycles. The lowest BCUT2D eigenvalue weighted by molar-refractivity contribution is 0.0934. The summed E-state index contributed by atoms with van der Waals surface area (Å²) in [6.45, 7) is 4.14. The van der Waals surface area contributed by atoms with Crippen LogP contribution in [0.2, 0.25) is 0 Å². The average molecular weight is 346 g/mol. The highest BCUT2D eigenvalue weighted by atomic mass is 79.9. The largest absolute Gasteiger partial charge is 0.345 e. The molecule has 1 atom stereocenters. The Morgan fingerprint density at radius 1 is 1.19 bits per heavy atom. The number of carbonyl (C=O) groups is 1. The molecule has 110 valence electrons. The van der Waals surface area contributed by atoms with E-state index >= 15 is 0 Å². The molecular weight excluding hydrogens is 326 g/mol. The maximum atomic E-state index is 12.4. The van der Waals surface area contributed by atoms with E-state index in [1.54, 1.807) is 0 Å². The number of nitrogens with one attached hydrogen (secondary N) is 1. The molecule has 0 aliphatic rings. The predicted octanol–water partition coefficient (Wildman–Crippen LogP) is 5.03. The molecule has 1 unspecified atom stereocenters. The number of halogens is 1. The highest BCUT2D eigenvalue weighted by Crippen LogP contribution is 2.21. The van der Waals surface area contributed by atoms with E-state index in [0.29, 0.717) is 5.56 Å². The Bertz CT molecular complexity index is 610. The van der Waals surface area contributed by atoms with Crippen molar-refractivity contribution in [3.63, 3.8) is 0 Å². The molecule has 3 heteroatoms. The van der Waals surface area contributed by atoms with E-state index in [0.717, 1.165) is 28.4 Å². The Hall–Kier alpha value is -1.61. The maximum Gasteiger partial charge on any atom is 0.251 e. The van der Waals surface area contributed by atoms with Crippen LogP contribution in [0.15, 0.2) is 53.0 Å². The van der Waals surface area contributed by atoms with Crippen molar-refractivity contribution in [1.82, 2.24) is 5.32 Å². The smallest absolute Gasteiger partial charge is 0.251 e. The lowest BCUT2D eigenvalue weighted by atomic mass is 10.0. The zero-order valence-corrected chi connectivity index (χ0v) is 14.0. The second kappa shape index (κ2) is 7.41. The van der Waals surface area contributed by atoms with Crippen molar-refractivity contribution < 1.29 is 4.79 Å². The van der Waals surface area contributed by atoms with E-state index in [9.17, 15) is 4.79 Å². The molecule has 0 saturated heterocycles. The van der Waals surface area contributed by atoms with E-state index in [1.807, 2.05) is 43.3 Å². The van der Waals surface area contributed by atoms with Crippen molar-refractivity contribution in [3.8, 4) is 0 Å². The fourth-order valence-electron chi connectivity index (χ4n) is 2.27. The molecule has 21 heavy (non-hydrogen) atoms. The number of hydrogen-bond acceptors (Lipinski definition) is 1. The molecule has 0 aliphatic heterocycles. The number of hydrogen-bond donors (Lipinski definition) is 1. The normalized spacial score (nSPS) is 12.0. The van der Waals surface area contributed by atoms with Crippen LogP contribution in [0.3, 0.4) is 0 Å². The Labute approximate surface area is 134 Å². The number of aryl methyl sites for hydroxylation is 1. The topological polar surface area (TPSA) is 29.1 Å². The van der Waals surface area contributed by atoms with Gasteiger partial charge in [-0.3, -0.25) is 4.79 Å². The zero-order valence-electron chi connectivity index (χ0n) is 12.4. The van der Waals surface area contributed by atoms with E-state index < -0.39 is 0 Å². The van der Waals surface area contributed by atoms with Gasteiger partial charge in [-0.2, -0.15) is 0 Å². The summed E-state index contributed by atoms with van der Waals surface area (Å²) in [6, 6.07) is 15.9. The monoisotopic (exact) mass is 345 g/mol. The highest BCUT2D eigenvalue weighted by molar-refractivity contribution is 9.10. The van der Waals surface area contributed by atoms with Crippen molar-refractivity contribution >= 4 is 21.8 Å². The zero-order chi connectivity index (χ0) is 15.2. The Kier molecular flexibility index (Phi) is 5.57. The van der Waals surface area contributed by atoms with E-state index in [4.69, 9.17) is 0 Å². The van der Waals surface area contributed by atoms with Gasteiger partial charge in [0.15, 0.2) is 0 Å². The van der Waals surface area contributed by atoms with Crippen molar-refractivity contribution in [2.75, 3.05) is 0 Å². The van der Waals surface area contributed by atoms with Gasteiger partial charge in [-0.05, 0) is 36.6 Å². The van der Waals surface area contributed by atoms with Gasteiger partial charge in [0.05, 0.1) is 6.04 Å². The third kappa shape index (κ3) is 4.18. The molecule has 0 aromatic heterocycles. The summed E-state index contributed by atoms with van der Waals surface area (Å²) >= 11 is 3.48. The summed E-state index contributed by atoms with van der Waals surface area (Å²) in [6.07, 6.45) is 1.96. The Balaban J connectivity index is 2.16. The molecule has 0 fully saturated rings. The summed E-state index contributed by atoms with van der Waals surface area (Å²) in [5.41, 5.74) is 2.96. The molecule has 0 bridgehead atoms. The molecule has 2 aromatic rings. The molecule has 0 radical (unpaired) electrons. The first kappa shape index (κ1) is 15.8. The van der Waals surface area contributed by atoms with Crippen LogP contribution < -0.4 is 5.32 Å². The molecule has 1 N–H and O–H groups in total. The molecule has 2 rings (SSSR count). The molecule has 1 amide bonds. The maximum absolute atomic E-state index is 12.4. The summed E-state index contributed by atoms with van der Waals surface area (Å²) in [5.74, 6) is -0.0296. The average Bonchev–Trinajstić information content (AvgIpc) is 2.50. The quantitative estimate of drug-likeness (QED) is 0.808. The summed E-state index contributed by atoms with van der Waals surface area (Å²) in [7, 11) is 0. The van der Waals surface area contributed by atoms with Crippen LogP contribution in [0.1, 0.15) is 47.3 Å². The van der Waals surface area contributed by atoms with Crippen LogP contribution in [0, 0.1) is 6.92 Å². The lowest BCUT2D eigenvalue weighted by Crippen LogP contribution is -2.28. The highest BCUT2D eigenvalue weighted by Gasteiger charge is 2.15. The Morgan fingerprint density at radius 3 is 2.52 bits per heavy atom. The van der Waals surface area contributed by atoms with Crippen LogP contribution >= 0.6 is 15.9 Å². The Morgan fingerprint density at radius 2 is 1.90 bits per heavy atom. The van der Waals surface area contributed by atoms with Crippen molar-refractivity contribution in [1.29, 1.82) is 0 Å². The molecule has 0 aliphatic carbocycles. The minimum atomic E-state index is -0.0296. The van der Waals surface area contributed by atoms with Crippen LogP contribution in [0.4, 0.5) is 0 Å². The fraction of sp³-hybridized carbons (Fsp3) is 0.278. The fourth-order valence-corrected chi connectivity index (χ4v) is 2.65. The van der Waals surface area contributed by atoms with E-state index in [1.165, 1.54) is 0 Å². The summed E-state index contributed by atoms with van der Waals surface area (Å²) in [5, 5.41) is 3.14. The summed E-state index contributed by atoms with van der Waals surface area (Å²) in [4.78, 5) is 12.4. The first-order valence-electron chi connectivity index (χ1n) is 7.23. The summed E-state index contributed by atoms with van der Waals surface area (Å²) < 4.78 is 0.960. The number of carbonyl (C=O) groups excluding carboxylic acids is 1. The first-order valence-corrected chi connectivity index (χ1v) is 8.03. The van der Waals surface area contributed by atoms with Crippen LogP contribution in [-0.4, -0.2) is 5.91 Å². The molecule has 2 nitrogen and oxygen atoms in total. The minimum Gasteiger partial charge on any atom is -0.345 e. The number of amides is 1. The molecule has 0 spiro atoms. The van der Waals surface area contributed by atoms with Crippen LogP contribution in [-0.2, 0) is 0 Å². The standard InChI is InChI=1S/C18H20BrNO/c1-3-7-17(14-8-5-4-6-9-14)20-18(21)15-11-10-13(2)16(19)12-15/h4-6,8-12,17H,3,7H2,1-2H3,(H,20,21). The molecule has 0 heterocycles. The number of rotatable bonds is 5. The first-order chi connectivity index (χ1) is 10.1. The van der Waals surface area contributed by atoms with E-state index in [-0.39, 0.29) is 11.9 Å². The van der Waals surface area contributed by atoms with E-state index in [2.05, 4.69) is 40.3 Å². The molecule has 2 aromatic carbocycles. The van der Waals surface area contributed by atoms with Crippen molar-refractivity contribution in [3.05, 3.63) is 69.7 Å². The minimum absolute atomic E-state index is 0.0296. The van der Waals surface area contributed by atoms with Crippen LogP contribution in [0.25, 0.3) is 0 Å². The lowest BCUT2D eigenvalue weighted by Gasteiger charge is -2.19. The van der Waals surface area contributed by atoms with Gasteiger partial charge < -0.3 is 5.32 Å². The van der Waals surface area contributed by atoms with Gasteiger partial charge in [0.25, 0.3) is 5.91 Å². The second-order valence-corrected chi connectivity index (χ2v) is 6.04.